The second-order valence-electron chi connectivity index (χ2n) is 6.33. The number of fused-ring (bicyclic) bond motifs is 1. The van der Waals surface area contributed by atoms with Crippen molar-refractivity contribution in [1.82, 2.24) is 10.0 Å². The lowest BCUT2D eigenvalue weighted by Gasteiger charge is -2.31. The Balaban J connectivity index is 1.85. The Hall–Kier alpha value is -1.44. The number of sulfonamides is 1. The number of hydrogen-bond acceptors (Lipinski definition) is 4. The molecule has 2 atom stereocenters. The van der Waals surface area contributed by atoms with Crippen LogP contribution in [-0.2, 0) is 16.4 Å². The molecule has 1 fully saturated rings. The molecule has 0 spiro atoms. The second-order valence-corrected chi connectivity index (χ2v) is 8.05. The Bertz CT molecular complexity index is 703. The van der Waals surface area contributed by atoms with Crippen molar-refractivity contribution in [1.29, 1.82) is 0 Å². The van der Waals surface area contributed by atoms with Crippen LogP contribution in [0.3, 0.4) is 0 Å². The summed E-state index contributed by atoms with van der Waals surface area (Å²) in [5, 5.41) is 2.74. The quantitative estimate of drug-likeness (QED) is 0.755. The van der Waals surface area contributed by atoms with Gasteiger partial charge in [-0.2, -0.15) is 0 Å². The first-order valence-corrected chi connectivity index (χ1v) is 9.63. The normalized spacial score (nSPS) is 24.8. The summed E-state index contributed by atoms with van der Waals surface area (Å²) in [5.74, 6) is -0.0275. The zero-order valence-corrected chi connectivity index (χ0v) is 13.9. The van der Waals surface area contributed by atoms with Crippen molar-refractivity contribution in [2.75, 3.05) is 13.1 Å². The third-order valence-electron chi connectivity index (χ3n) is 4.83. The number of rotatable bonds is 4. The van der Waals surface area contributed by atoms with Crippen LogP contribution in [0.25, 0.3) is 0 Å². The van der Waals surface area contributed by atoms with E-state index in [1.165, 1.54) is 6.07 Å². The highest BCUT2D eigenvalue weighted by Crippen LogP contribution is 2.26. The summed E-state index contributed by atoms with van der Waals surface area (Å²) in [6, 6.07) is 4.68. The van der Waals surface area contributed by atoms with Crippen LogP contribution in [0.15, 0.2) is 23.1 Å². The van der Waals surface area contributed by atoms with E-state index in [0.29, 0.717) is 18.7 Å². The molecule has 6 nitrogen and oxygen atoms in total. The Morgan fingerprint density at radius 1 is 1.26 bits per heavy atom. The van der Waals surface area contributed by atoms with E-state index in [4.69, 9.17) is 5.73 Å². The third-order valence-corrected chi connectivity index (χ3v) is 6.32. The summed E-state index contributed by atoms with van der Waals surface area (Å²) < 4.78 is 28.1. The van der Waals surface area contributed by atoms with Crippen LogP contribution in [0.1, 0.15) is 41.6 Å². The van der Waals surface area contributed by atoms with Gasteiger partial charge in [-0.3, -0.25) is 4.79 Å². The second kappa shape index (κ2) is 6.59. The van der Waals surface area contributed by atoms with Gasteiger partial charge in [-0.15, -0.1) is 0 Å². The predicted octanol–water partition coefficient (Wildman–Crippen LogP) is 0.768. The summed E-state index contributed by atoms with van der Waals surface area (Å²) >= 11 is 0. The number of nitrogens with two attached hydrogens (primary N) is 1. The van der Waals surface area contributed by atoms with Crippen molar-refractivity contribution in [3.63, 3.8) is 0 Å². The number of hydrogen-bond donors (Lipinski definition) is 3. The topological polar surface area (TPSA) is 101 Å². The van der Waals surface area contributed by atoms with Crippen LogP contribution in [0.2, 0.25) is 0 Å². The van der Waals surface area contributed by atoms with Gasteiger partial charge in [-0.1, -0.05) is 18.9 Å². The SMILES string of the molecule is NC[C@@H]1CCCC[C@H]1NS(=O)(=O)c1ccc2c(c1)C(=O)NCC2. The molecule has 23 heavy (non-hydrogen) atoms. The molecule has 1 aromatic carbocycles. The van der Waals surface area contributed by atoms with E-state index in [-0.39, 0.29) is 22.8 Å². The maximum Gasteiger partial charge on any atom is 0.251 e. The van der Waals surface area contributed by atoms with Crippen molar-refractivity contribution < 1.29 is 13.2 Å². The molecular weight excluding hydrogens is 314 g/mol. The maximum atomic E-state index is 12.7. The largest absolute Gasteiger partial charge is 0.352 e. The van der Waals surface area contributed by atoms with Crippen LogP contribution in [0.5, 0.6) is 0 Å². The minimum atomic E-state index is -3.65. The van der Waals surface area contributed by atoms with Gasteiger partial charge in [0.15, 0.2) is 0 Å². The molecule has 126 valence electrons. The summed E-state index contributed by atoms with van der Waals surface area (Å²) in [7, 11) is -3.65. The fourth-order valence-electron chi connectivity index (χ4n) is 3.47. The molecule has 0 saturated heterocycles. The molecule has 0 unspecified atom stereocenters. The number of carbonyl (C=O) groups excluding carboxylic acids is 1. The molecule has 2 aliphatic rings. The lowest BCUT2D eigenvalue weighted by Crippen LogP contribution is -2.44. The Morgan fingerprint density at radius 3 is 2.83 bits per heavy atom. The molecule has 1 aliphatic carbocycles. The van der Waals surface area contributed by atoms with Gasteiger partial charge < -0.3 is 11.1 Å². The molecule has 1 heterocycles. The first-order valence-electron chi connectivity index (χ1n) is 8.15. The number of amides is 1. The van der Waals surface area contributed by atoms with Gasteiger partial charge in [-0.05, 0) is 49.4 Å². The lowest BCUT2D eigenvalue weighted by atomic mass is 9.85. The zero-order valence-electron chi connectivity index (χ0n) is 13.0. The average molecular weight is 337 g/mol. The molecule has 1 aliphatic heterocycles. The van der Waals surface area contributed by atoms with Crippen molar-refractivity contribution in [2.45, 2.75) is 43.0 Å². The van der Waals surface area contributed by atoms with Crippen molar-refractivity contribution in [3.05, 3.63) is 29.3 Å². The molecular formula is C16H23N3O3S. The monoisotopic (exact) mass is 337 g/mol. The third kappa shape index (κ3) is 3.41. The van der Waals surface area contributed by atoms with Gasteiger partial charge in [0.05, 0.1) is 4.90 Å². The zero-order chi connectivity index (χ0) is 16.4. The van der Waals surface area contributed by atoms with Gasteiger partial charge in [-0.25, -0.2) is 13.1 Å². The summed E-state index contributed by atoms with van der Waals surface area (Å²) in [5.41, 5.74) is 7.12. The van der Waals surface area contributed by atoms with Crippen molar-refractivity contribution >= 4 is 15.9 Å². The highest BCUT2D eigenvalue weighted by Gasteiger charge is 2.29. The Morgan fingerprint density at radius 2 is 2.04 bits per heavy atom. The van der Waals surface area contributed by atoms with Crippen LogP contribution in [0, 0.1) is 5.92 Å². The Kier molecular flexibility index (Phi) is 4.70. The molecule has 1 saturated carbocycles. The maximum absolute atomic E-state index is 12.7. The van der Waals surface area contributed by atoms with E-state index < -0.39 is 10.0 Å². The van der Waals surface area contributed by atoms with E-state index in [9.17, 15) is 13.2 Å². The molecule has 0 radical (unpaired) electrons. The van der Waals surface area contributed by atoms with Gasteiger partial charge in [0, 0.05) is 18.2 Å². The van der Waals surface area contributed by atoms with Crippen molar-refractivity contribution in [3.8, 4) is 0 Å². The van der Waals surface area contributed by atoms with E-state index in [2.05, 4.69) is 10.0 Å². The van der Waals surface area contributed by atoms with Crippen LogP contribution < -0.4 is 15.8 Å². The smallest absolute Gasteiger partial charge is 0.251 e. The van der Waals surface area contributed by atoms with Crippen LogP contribution >= 0.6 is 0 Å². The first kappa shape index (κ1) is 16.4. The Labute approximate surface area is 136 Å². The van der Waals surface area contributed by atoms with E-state index in [1.807, 2.05) is 0 Å². The van der Waals surface area contributed by atoms with Crippen LogP contribution in [-0.4, -0.2) is 33.5 Å². The van der Waals surface area contributed by atoms with E-state index >= 15 is 0 Å². The summed E-state index contributed by atoms with van der Waals surface area (Å²) in [6.07, 6.45) is 4.60. The molecule has 1 aromatic rings. The average Bonchev–Trinajstić information content (AvgIpc) is 2.55. The molecule has 0 bridgehead atoms. The lowest BCUT2D eigenvalue weighted by molar-refractivity contribution is 0.0945. The van der Waals surface area contributed by atoms with E-state index in [0.717, 1.165) is 37.7 Å². The standard InChI is InChI=1S/C16H23N3O3S/c17-10-12-3-1-2-4-15(12)19-23(21,22)13-6-5-11-7-8-18-16(20)14(11)9-13/h5-6,9,12,15,19H,1-4,7-8,10,17H2,(H,18,20)/t12-,15+/m0/s1. The summed E-state index contributed by atoms with van der Waals surface area (Å²) in [4.78, 5) is 12.1. The summed E-state index contributed by atoms with van der Waals surface area (Å²) in [6.45, 7) is 1.08. The van der Waals surface area contributed by atoms with Crippen molar-refractivity contribution in [2.24, 2.45) is 11.7 Å². The molecule has 7 heteroatoms. The van der Waals surface area contributed by atoms with Gasteiger partial charge in [0.25, 0.3) is 5.91 Å². The van der Waals surface area contributed by atoms with Gasteiger partial charge in [0.2, 0.25) is 10.0 Å². The minimum Gasteiger partial charge on any atom is -0.352 e. The highest BCUT2D eigenvalue weighted by molar-refractivity contribution is 7.89. The molecule has 0 aromatic heterocycles. The van der Waals surface area contributed by atoms with Gasteiger partial charge in [0.1, 0.15) is 0 Å². The van der Waals surface area contributed by atoms with Gasteiger partial charge >= 0.3 is 0 Å². The molecule has 1 amide bonds. The minimum absolute atomic E-state index is 0.122. The fraction of sp³-hybridized carbons (Fsp3) is 0.562. The first-order chi connectivity index (χ1) is 11.0. The fourth-order valence-corrected chi connectivity index (χ4v) is 4.84. The highest BCUT2D eigenvalue weighted by atomic mass is 32.2. The van der Waals surface area contributed by atoms with Crippen LogP contribution in [0.4, 0.5) is 0 Å². The molecule has 4 N–H and O–H groups in total. The molecule has 3 rings (SSSR count). The number of benzene rings is 1. The van der Waals surface area contributed by atoms with E-state index in [1.54, 1.807) is 12.1 Å². The number of nitrogens with one attached hydrogen (secondary N) is 2. The number of carbonyl (C=O) groups is 1. The predicted molar refractivity (Wildman–Crippen MR) is 87.6 cm³/mol.